The van der Waals surface area contributed by atoms with Crippen molar-refractivity contribution in [1.82, 2.24) is 0 Å². The van der Waals surface area contributed by atoms with Gasteiger partial charge in [-0.15, -0.1) is 0 Å². The summed E-state index contributed by atoms with van der Waals surface area (Å²) < 4.78 is 5.47. The number of carbonyl (C=O) groups is 2. The molecule has 0 radical (unpaired) electrons. The van der Waals surface area contributed by atoms with Crippen LogP contribution in [-0.2, 0) is 14.3 Å². The van der Waals surface area contributed by atoms with Crippen molar-refractivity contribution in [3.63, 3.8) is 0 Å². The highest BCUT2D eigenvalue weighted by atomic mass is 16.5. The molecule has 4 nitrogen and oxygen atoms in total. The predicted octanol–water partition coefficient (Wildman–Crippen LogP) is 1.63. The van der Waals surface area contributed by atoms with Crippen molar-refractivity contribution in [1.29, 1.82) is 0 Å². The maximum atomic E-state index is 11.5. The van der Waals surface area contributed by atoms with E-state index in [4.69, 9.17) is 4.74 Å². The van der Waals surface area contributed by atoms with E-state index in [2.05, 4.69) is 0 Å². The van der Waals surface area contributed by atoms with Crippen LogP contribution in [0.5, 0.6) is 0 Å². The van der Waals surface area contributed by atoms with Crippen molar-refractivity contribution in [3.8, 4) is 0 Å². The van der Waals surface area contributed by atoms with Gasteiger partial charge in [0.25, 0.3) is 0 Å². The van der Waals surface area contributed by atoms with Gasteiger partial charge in [0.15, 0.2) is 0 Å². The maximum Gasteiger partial charge on any atom is 0.310 e. The Kier molecular flexibility index (Phi) is 3.02. The standard InChI is InChI=1S/C12H18O4/c1-8-10(4-7-16-8)12(11(14)15)5-2-9(13)3-6-12/h8,10H,2-7H2,1H3,(H,14,15). The van der Waals surface area contributed by atoms with E-state index in [9.17, 15) is 14.7 Å². The van der Waals surface area contributed by atoms with Crippen molar-refractivity contribution in [2.45, 2.75) is 45.1 Å². The minimum atomic E-state index is -0.748. The average molecular weight is 226 g/mol. The molecule has 1 saturated heterocycles. The van der Waals surface area contributed by atoms with Crippen LogP contribution in [0.3, 0.4) is 0 Å². The molecule has 16 heavy (non-hydrogen) atoms. The molecule has 2 aliphatic rings. The summed E-state index contributed by atoms with van der Waals surface area (Å²) in [4.78, 5) is 22.8. The molecule has 0 spiro atoms. The number of hydrogen-bond acceptors (Lipinski definition) is 3. The van der Waals surface area contributed by atoms with E-state index >= 15 is 0 Å². The van der Waals surface area contributed by atoms with Crippen LogP contribution in [0.2, 0.25) is 0 Å². The number of rotatable bonds is 2. The summed E-state index contributed by atoms with van der Waals surface area (Å²) in [6.07, 6.45) is 2.61. The monoisotopic (exact) mass is 226 g/mol. The number of aliphatic carboxylic acids is 1. The fourth-order valence-corrected chi connectivity index (χ4v) is 3.18. The largest absolute Gasteiger partial charge is 0.481 e. The molecule has 0 aromatic heterocycles. The lowest BCUT2D eigenvalue weighted by Gasteiger charge is -2.39. The molecule has 1 heterocycles. The molecule has 0 aromatic carbocycles. The summed E-state index contributed by atoms with van der Waals surface area (Å²) >= 11 is 0. The van der Waals surface area contributed by atoms with E-state index in [1.54, 1.807) is 0 Å². The summed E-state index contributed by atoms with van der Waals surface area (Å²) in [6.45, 7) is 2.59. The molecule has 90 valence electrons. The first-order chi connectivity index (χ1) is 7.56. The van der Waals surface area contributed by atoms with Gasteiger partial charge in [0.2, 0.25) is 0 Å². The van der Waals surface area contributed by atoms with Gasteiger partial charge in [0, 0.05) is 25.4 Å². The Morgan fingerprint density at radius 1 is 1.44 bits per heavy atom. The van der Waals surface area contributed by atoms with Crippen LogP contribution in [0.4, 0.5) is 0 Å². The Morgan fingerprint density at radius 3 is 2.50 bits per heavy atom. The van der Waals surface area contributed by atoms with Crippen molar-refractivity contribution in [2.75, 3.05) is 6.61 Å². The van der Waals surface area contributed by atoms with Crippen molar-refractivity contribution >= 4 is 11.8 Å². The molecule has 2 atom stereocenters. The van der Waals surface area contributed by atoms with Crippen LogP contribution in [0.1, 0.15) is 39.0 Å². The number of carboxylic acids is 1. The van der Waals surface area contributed by atoms with Gasteiger partial charge in [-0.25, -0.2) is 0 Å². The Bertz CT molecular complexity index is 300. The van der Waals surface area contributed by atoms with E-state index in [-0.39, 0.29) is 17.8 Å². The molecule has 0 aromatic rings. The average Bonchev–Trinajstić information content (AvgIpc) is 2.66. The van der Waals surface area contributed by atoms with Gasteiger partial charge in [-0.1, -0.05) is 0 Å². The molecule has 0 bridgehead atoms. The second-order valence-electron chi connectivity index (χ2n) is 4.97. The summed E-state index contributed by atoms with van der Waals surface area (Å²) in [5.41, 5.74) is -0.718. The van der Waals surface area contributed by atoms with E-state index in [1.165, 1.54) is 0 Å². The molecule has 1 aliphatic heterocycles. The van der Waals surface area contributed by atoms with Gasteiger partial charge >= 0.3 is 5.97 Å². The summed E-state index contributed by atoms with van der Waals surface area (Å²) in [5.74, 6) is -0.483. The minimum absolute atomic E-state index is 0.00398. The third-order valence-electron chi connectivity index (χ3n) is 4.21. The third-order valence-corrected chi connectivity index (χ3v) is 4.21. The summed E-state index contributed by atoms with van der Waals surface area (Å²) in [6, 6.07) is 0. The second-order valence-corrected chi connectivity index (χ2v) is 4.97. The third kappa shape index (κ3) is 1.75. The predicted molar refractivity (Wildman–Crippen MR) is 57.1 cm³/mol. The van der Waals surface area contributed by atoms with E-state index in [0.29, 0.717) is 32.3 Å². The fourth-order valence-electron chi connectivity index (χ4n) is 3.18. The number of carboxylic acid groups (broad SMARTS) is 1. The van der Waals surface area contributed by atoms with Gasteiger partial charge in [-0.05, 0) is 26.2 Å². The summed E-state index contributed by atoms with van der Waals surface area (Å²) in [7, 11) is 0. The van der Waals surface area contributed by atoms with Gasteiger partial charge < -0.3 is 9.84 Å². The molecule has 1 aliphatic carbocycles. The lowest BCUT2D eigenvalue weighted by Crippen LogP contribution is -2.44. The zero-order valence-electron chi connectivity index (χ0n) is 9.57. The highest BCUT2D eigenvalue weighted by Gasteiger charge is 2.51. The Labute approximate surface area is 95.0 Å². The molecule has 1 saturated carbocycles. The van der Waals surface area contributed by atoms with Crippen molar-refractivity contribution < 1.29 is 19.4 Å². The van der Waals surface area contributed by atoms with E-state index < -0.39 is 11.4 Å². The Morgan fingerprint density at radius 2 is 2.06 bits per heavy atom. The zero-order valence-corrected chi connectivity index (χ0v) is 9.57. The van der Waals surface area contributed by atoms with E-state index in [1.807, 2.05) is 6.92 Å². The first kappa shape index (κ1) is 11.6. The van der Waals surface area contributed by atoms with Gasteiger partial charge in [0.1, 0.15) is 5.78 Å². The Balaban J connectivity index is 2.22. The van der Waals surface area contributed by atoms with Crippen LogP contribution < -0.4 is 0 Å². The molecule has 4 heteroatoms. The Hall–Kier alpha value is -0.900. The molecule has 1 N–H and O–H groups in total. The zero-order chi connectivity index (χ0) is 11.8. The van der Waals surface area contributed by atoms with Crippen molar-refractivity contribution in [2.24, 2.45) is 11.3 Å². The SMILES string of the molecule is CC1OCCC1C1(C(=O)O)CCC(=O)CC1. The van der Waals surface area contributed by atoms with Gasteiger partial charge in [-0.3, -0.25) is 9.59 Å². The number of carbonyl (C=O) groups excluding carboxylic acids is 1. The maximum absolute atomic E-state index is 11.5. The molecular formula is C12H18O4. The number of hydrogen-bond donors (Lipinski definition) is 1. The van der Waals surface area contributed by atoms with Crippen LogP contribution in [-0.4, -0.2) is 29.6 Å². The first-order valence-corrected chi connectivity index (χ1v) is 5.93. The minimum Gasteiger partial charge on any atom is -0.481 e. The second kappa shape index (κ2) is 4.17. The normalized spacial score (nSPS) is 33.9. The van der Waals surface area contributed by atoms with Crippen LogP contribution in [0, 0.1) is 11.3 Å². The highest BCUT2D eigenvalue weighted by molar-refractivity contribution is 5.84. The number of Topliss-reactive ketones (excluding diaryl/α,β-unsaturated/α-hetero) is 1. The molecule has 2 fully saturated rings. The highest BCUT2D eigenvalue weighted by Crippen LogP contribution is 2.47. The molecule has 2 rings (SSSR count). The molecule has 2 unspecified atom stereocenters. The lowest BCUT2D eigenvalue weighted by molar-refractivity contribution is -0.158. The topological polar surface area (TPSA) is 63.6 Å². The fraction of sp³-hybridized carbons (Fsp3) is 0.833. The summed E-state index contributed by atoms with van der Waals surface area (Å²) in [5, 5.41) is 9.49. The molecule has 0 amide bonds. The number of ketones is 1. The van der Waals surface area contributed by atoms with Crippen LogP contribution >= 0.6 is 0 Å². The smallest absolute Gasteiger partial charge is 0.310 e. The first-order valence-electron chi connectivity index (χ1n) is 5.93. The van der Waals surface area contributed by atoms with E-state index in [0.717, 1.165) is 6.42 Å². The number of ether oxygens (including phenoxy) is 1. The quantitative estimate of drug-likeness (QED) is 0.777. The van der Waals surface area contributed by atoms with Crippen LogP contribution in [0.25, 0.3) is 0 Å². The van der Waals surface area contributed by atoms with Crippen molar-refractivity contribution in [3.05, 3.63) is 0 Å². The van der Waals surface area contributed by atoms with Gasteiger partial charge in [-0.2, -0.15) is 0 Å². The molecular weight excluding hydrogens is 208 g/mol. The van der Waals surface area contributed by atoms with Gasteiger partial charge in [0.05, 0.1) is 11.5 Å². The van der Waals surface area contributed by atoms with Crippen LogP contribution in [0.15, 0.2) is 0 Å². The lowest BCUT2D eigenvalue weighted by atomic mass is 9.63.